The highest BCUT2D eigenvalue weighted by Gasteiger charge is 2.33. The Kier molecular flexibility index (Phi) is 5.59. The van der Waals surface area contributed by atoms with Gasteiger partial charge >= 0.3 is 0 Å². The first-order chi connectivity index (χ1) is 13.0. The zero-order chi connectivity index (χ0) is 19.4. The predicted octanol–water partition coefficient (Wildman–Crippen LogP) is 2.52. The molecule has 7 heteroatoms. The maximum absolute atomic E-state index is 13.2. The van der Waals surface area contributed by atoms with Crippen LogP contribution in [-0.2, 0) is 9.59 Å². The minimum atomic E-state index is -0.817. The topological polar surface area (TPSA) is 67.9 Å². The van der Waals surface area contributed by atoms with E-state index in [4.69, 9.17) is 9.47 Å². The van der Waals surface area contributed by atoms with E-state index in [0.717, 1.165) is 0 Å². The third-order valence-electron chi connectivity index (χ3n) is 4.33. The molecular formula is C20H21FN2O4. The quantitative estimate of drug-likeness (QED) is 0.846. The normalized spacial score (nSPS) is 17.5. The molecule has 142 valence electrons. The van der Waals surface area contributed by atoms with Gasteiger partial charge in [0.25, 0.3) is 5.91 Å². The summed E-state index contributed by atoms with van der Waals surface area (Å²) in [4.78, 5) is 26.4. The van der Waals surface area contributed by atoms with Crippen LogP contribution in [0.2, 0.25) is 0 Å². The number of benzene rings is 2. The van der Waals surface area contributed by atoms with Crippen molar-refractivity contribution in [1.82, 2.24) is 5.32 Å². The third kappa shape index (κ3) is 4.36. The van der Waals surface area contributed by atoms with Crippen LogP contribution in [0, 0.1) is 5.82 Å². The first-order valence-corrected chi connectivity index (χ1v) is 8.64. The molecule has 0 bridgehead atoms. The molecule has 2 aromatic carbocycles. The molecule has 1 heterocycles. The van der Waals surface area contributed by atoms with Gasteiger partial charge in [0.15, 0.2) is 6.10 Å². The van der Waals surface area contributed by atoms with Crippen molar-refractivity contribution in [3.8, 4) is 11.5 Å². The van der Waals surface area contributed by atoms with Gasteiger partial charge in [0.2, 0.25) is 5.91 Å². The van der Waals surface area contributed by atoms with Crippen LogP contribution in [0.15, 0.2) is 48.5 Å². The summed E-state index contributed by atoms with van der Waals surface area (Å²) in [5, 5.41) is 2.82. The summed E-state index contributed by atoms with van der Waals surface area (Å²) in [5.41, 5.74) is 0.672. The summed E-state index contributed by atoms with van der Waals surface area (Å²) in [6.07, 6.45) is -0.626. The monoisotopic (exact) mass is 372 g/mol. The lowest BCUT2D eigenvalue weighted by molar-refractivity contribution is -0.127. The Bertz CT molecular complexity index is 842. The lowest BCUT2D eigenvalue weighted by Crippen LogP contribution is -2.43. The maximum Gasteiger partial charge on any atom is 0.261 e. The number of nitrogens with zero attached hydrogens (tertiary/aromatic N) is 1. The van der Waals surface area contributed by atoms with Gasteiger partial charge in [0.05, 0.1) is 18.8 Å². The summed E-state index contributed by atoms with van der Waals surface area (Å²) in [6.45, 7) is 1.92. The van der Waals surface area contributed by atoms with Crippen LogP contribution in [0.1, 0.15) is 13.3 Å². The molecule has 0 radical (unpaired) electrons. The van der Waals surface area contributed by atoms with E-state index in [0.29, 0.717) is 18.0 Å². The second-order valence-corrected chi connectivity index (χ2v) is 6.30. The first kappa shape index (κ1) is 18.7. The number of nitrogens with one attached hydrogen (secondary N) is 1. The van der Waals surface area contributed by atoms with E-state index in [1.54, 1.807) is 37.1 Å². The Morgan fingerprint density at radius 3 is 2.78 bits per heavy atom. The Labute approximate surface area is 156 Å². The maximum atomic E-state index is 13.2. The molecule has 2 aromatic rings. The number of anilines is 1. The molecule has 27 heavy (non-hydrogen) atoms. The summed E-state index contributed by atoms with van der Waals surface area (Å²) in [6, 6.07) is 12.5. The number of carbonyl (C=O) groups excluding carboxylic acids is 2. The van der Waals surface area contributed by atoms with E-state index in [1.807, 2.05) is 12.1 Å². The van der Waals surface area contributed by atoms with E-state index in [9.17, 15) is 14.0 Å². The van der Waals surface area contributed by atoms with Crippen LogP contribution in [-0.4, -0.2) is 37.6 Å². The van der Waals surface area contributed by atoms with Crippen molar-refractivity contribution < 1.29 is 23.5 Å². The van der Waals surface area contributed by atoms with Crippen molar-refractivity contribution in [3.63, 3.8) is 0 Å². The lowest BCUT2D eigenvalue weighted by atomic mass is 10.2. The summed E-state index contributed by atoms with van der Waals surface area (Å²) in [7, 11) is 1.55. The van der Waals surface area contributed by atoms with Gasteiger partial charge in [0, 0.05) is 19.0 Å². The fourth-order valence-corrected chi connectivity index (χ4v) is 3.01. The van der Waals surface area contributed by atoms with Gasteiger partial charge in [-0.1, -0.05) is 18.2 Å². The molecule has 1 aliphatic heterocycles. The van der Waals surface area contributed by atoms with Gasteiger partial charge in [-0.3, -0.25) is 9.59 Å². The zero-order valence-corrected chi connectivity index (χ0v) is 15.1. The van der Waals surface area contributed by atoms with Crippen LogP contribution in [0.4, 0.5) is 10.1 Å². The molecule has 6 nitrogen and oxygen atoms in total. The molecular weight excluding hydrogens is 351 g/mol. The molecule has 0 spiro atoms. The molecule has 1 saturated heterocycles. The third-order valence-corrected chi connectivity index (χ3v) is 4.33. The van der Waals surface area contributed by atoms with Gasteiger partial charge in [-0.05, 0) is 31.2 Å². The van der Waals surface area contributed by atoms with Gasteiger partial charge in [-0.25, -0.2) is 4.39 Å². The highest BCUT2D eigenvalue weighted by molar-refractivity contribution is 5.98. The highest BCUT2D eigenvalue weighted by atomic mass is 19.1. The molecule has 1 N–H and O–H groups in total. The number of rotatable bonds is 6. The number of amides is 2. The van der Waals surface area contributed by atoms with Crippen molar-refractivity contribution >= 4 is 17.5 Å². The van der Waals surface area contributed by atoms with Gasteiger partial charge in [0.1, 0.15) is 17.3 Å². The largest absolute Gasteiger partial charge is 0.495 e. The van der Waals surface area contributed by atoms with Crippen molar-refractivity contribution in [2.45, 2.75) is 25.5 Å². The Hall–Kier alpha value is -3.09. The summed E-state index contributed by atoms with van der Waals surface area (Å²) < 4.78 is 24.0. The van der Waals surface area contributed by atoms with Gasteiger partial charge in [-0.2, -0.15) is 0 Å². The van der Waals surface area contributed by atoms with E-state index in [1.165, 1.54) is 18.2 Å². The van der Waals surface area contributed by atoms with E-state index < -0.39 is 11.9 Å². The number of methoxy groups -OCH3 is 1. The van der Waals surface area contributed by atoms with Gasteiger partial charge < -0.3 is 19.7 Å². The van der Waals surface area contributed by atoms with E-state index in [-0.39, 0.29) is 30.0 Å². The summed E-state index contributed by atoms with van der Waals surface area (Å²) >= 11 is 0. The van der Waals surface area contributed by atoms with Crippen molar-refractivity contribution in [1.29, 1.82) is 0 Å². The molecule has 1 fully saturated rings. The van der Waals surface area contributed by atoms with Crippen molar-refractivity contribution in [2.75, 3.05) is 18.6 Å². The molecule has 0 aromatic heterocycles. The zero-order valence-electron chi connectivity index (χ0n) is 15.1. The minimum Gasteiger partial charge on any atom is -0.495 e. The van der Waals surface area contributed by atoms with E-state index in [2.05, 4.69) is 5.32 Å². The number of para-hydroxylation sites is 2. The predicted molar refractivity (Wildman–Crippen MR) is 98.4 cm³/mol. The second-order valence-electron chi connectivity index (χ2n) is 6.30. The molecule has 0 saturated carbocycles. The number of hydrogen-bond donors (Lipinski definition) is 1. The lowest BCUT2D eigenvalue weighted by Gasteiger charge is -2.20. The second kappa shape index (κ2) is 8.07. The van der Waals surface area contributed by atoms with Crippen molar-refractivity contribution in [3.05, 3.63) is 54.3 Å². The summed E-state index contributed by atoms with van der Waals surface area (Å²) in [5.74, 6) is -0.0205. The molecule has 0 unspecified atom stereocenters. The van der Waals surface area contributed by atoms with Crippen LogP contribution in [0.3, 0.4) is 0 Å². The molecule has 3 rings (SSSR count). The Morgan fingerprint density at radius 2 is 2.04 bits per heavy atom. The SMILES string of the molecule is COc1ccccc1N1C[C@H](NC(=O)[C@@H](C)Oc2cccc(F)c2)CC1=O. The van der Waals surface area contributed by atoms with Gasteiger partial charge in [-0.15, -0.1) is 0 Å². The smallest absolute Gasteiger partial charge is 0.261 e. The minimum absolute atomic E-state index is 0.0940. The van der Waals surface area contributed by atoms with Crippen molar-refractivity contribution in [2.24, 2.45) is 0 Å². The number of hydrogen-bond acceptors (Lipinski definition) is 4. The molecule has 0 aliphatic carbocycles. The van der Waals surface area contributed by atoms with E-state index >= 15 is 0 Å². The number of halogens is 1. The molecule has 1 aliphatic rings. The van der Waals surface area contributed by atoms with Crippen LogP contribution < -0.4 is 19.7 Å². The fraction of sp³-hybridized carbons (Fsp3) is 0.300. The van der Waals surface area contributed by atoms with Crippen LogP contribution in [0.25, 0.3) is 0 Å². The highest BCUT2D eigenvalue weighted by Crippen LogP contribution is 2.31. The van der Waals surface area contributed by atoms with Crippen LogP contribution >= 0.6 is 0 Å². The standard InChI is InChI=1S/C20H21FN2O4/c1-13(27-16-7-5-6-14(21)10-16)20(25)22-15-11-19(24)23(12-15)17-8-3-4-9-18(17)26-2/h3-10,13,15H,11-12H2,1-2H3,(H,22,25)/t13-,15-/m1/s1. The average molecular weight is 372 g/mol. The number of carbonyl (C=O) groups is 2. The Balaban J connectivity index is 1.61. The molecule has 2 atom stereocenters. The van der Waals surface area contributed by atoms with Crippen LogP contribution in [0.5, 0.6) is 11.5 Å². The Morgan fingerprint density at radius 1 is 1.26 bits per heavy atom. The first-order valence-electron chi connectivity index (χ1n) is 8.64. The fourth-order valence-electron chi connectivity index (χ4n) is 3.01. The average Bonchev–Trinajstić information content (AvgIpc) is 3.01. The number of ether oxygens (including phenoxy) is 2. The molecule has 2 amide bonds.